The largest absolute Gasteiger partial charge is 0.480 e. The number of carbonyl (C=O) groups is 2. The Labute approximate surface area is 206 Å². The molecule has 184 valence electrons. The van der Waals surface area contributed by atoms with Crippen molar-refractivity contribution in [3.8, 4) is 11.1 Å². The van der Waals surface area contributed by atoms with Crippen LogP contribution in [0.1, 0.15) is 40.7 Å². The molecule has 0 aliphatic carbocycles. The number of rotatable bonds is 12. The van der Waals surface area contributed by atoms with Gasteiger partial charge in [-0.25, -0.2) is 9.80 Å². The first-order valence-electron chi connectivity index (χ1n) is 11.6. The van der Waals surface area contributed by atoms with Crippen LogP contribution in [0.2, 0.25) is 0 Å². The van der Waals surface area contributed by atoms with Crippen molar-refractivity contribution < 1.29 is 19.4 Å². The second-order valence-electron chi connectivity index (χ2n) is 8.62. The summed E-state index contributed by atoms with van der Waals surface area (Å²) in [6.07, 6.45) is 4.54. The lowest BCUT2D eigenvalue weighted by Gasteiger charge is -2.25. The smallest absolute Gasteiger partial charge is 0.326 e. The molecule has 2 aromatic rings. The molecule has 0 radical (unpaired) electrons. The predicted molar refractivity (Wildman–Crippen MR) is 137 cm³/mol. The van der Waals surface area contributed by atoms with Crippen molar-refractivity contribution in [2.45, 2.75) is 44.8 Å². The minimum Gasteiger partial charge on any atom is -0.480 e. The first-order chi connectivity index (χ1) is 16.4. The summed E-state index contributed by atoms with van der Waals surface area (Å²) in [6, 6.07) is 13.1. The number of carboxylic acids is 1. The highest BCUT2D eigenvalue weighted by atomic mass is 32.2. The van der Waals surface area contributed by atoms with Gasteiger partial charge in [-0.05, 0) is 72.6 Å². The Morgan fingerprint density at radius 2 is 2.03 bits per heavy atom. The Hall–Kier alpha value is -2.39. The molecule has 7 nitrogen and oxygen atoms in total. The van der Waals surface area contributed by atoms with E-state index in [1.807, 2.05) is 49.6 Å². The molecule has 3 rings (SSSR count). The Morgan fingerprint density at radius 3 is 2.74 bits per heavy atom. The summed E-state index contributed by atoms with van der Waals surface area (Å²) in [4.78, 5) is 24.9. The van der Waals surface area contributed by atoms with Crippen LogP contribution in [0.15, 0.2) is 42.5 Å². The number of aryl methyl sites for hydroxylation is 1. The van der Waals surface area contributed by atoms with Crippen LogP contribution in [0.5, 0.6) is 0 Å². The van der Waals surface area contributed by atoms with Gasteiger partial charge in [0.05, 0.1) is 6.61 Å². The van der Waals surface area contributed by atoms with Crippen LogP contribution in [0, 0.1) is 6.92 Å². The van der Waals surface area contributed by atoms with Crippen molar-refractivity contribution in [2.24, 2.45) is 0 Å². The van der Waals surface area contributed by atoms with E-state index in [4.69, 9.17) is 4.74 Å². The number of benzene rings is 2. The fraction of sp³-hybridized carbons (Fsp3) is 0.462. The number of amides is 1. The van der Waals surface area contributed by atoms with Crippen LogP contribution >= 0.6 is 11.8 Å². The topological polar surface area (TPSA) is 90.9 Å². The number of nitrogens with zero attached hydrogens (tertiary/aromatic N) is 1. The molecule has 0 aromatic heterocycles. The lowest BCUT2D eigenvalue weighted by molar-refractivity contribution is -0.139. The van der Waals surface area contributed by atoms with Crippen molar-refractivity contribution in [3.63, 3.8) is 0 Å². The Kier molecular flexibility index (Phi) is 9.95. The van der Waals surface area contributed by atoms with Crippen LogP contribution in [0.25, 0.3) is 11.1 Å². The summed E-state index contributed by atoms with van der Waals surface area (Å²) in [5, 5.41) is 14.5. The quantitative estimate of drug-likeness (QED) is 0.422. The van der Waals surface area contributed by atoms with E-state index in [2.05, 4.69) is 15.8 Å². The van der Waals surface area contributed by atoms with Gasteiger partial charge in [-0.2, -0.15) is 11.8 Å². The normalized spacial score (nSPS) is 17.0. The zero-order valence-electron chi connectivity index (χ0n) is 20.2. The lowest BCUT2D eigenvalue weighted by Crippen LogP contribution is -2.43. The zero-order chi connectivity index (χ0) is 24.5. The highest BCUT2D eigenvalue weighted by molar-refractivity contribution is 7.98. The molecule has 0 spiro atoms. The molecular formula is C26H35N3O4S. The second-order valence-corrected chi connectivity index (χ2v) is 9.61. The summed E-state index contributed by atoms with van der Waals surface area (Å²) >= 11 is 1.56. The molecular weight excluding hydrogens is 450 g/mol. The van der Waals surface area contributed by atoms with Crippen molar-refractivity contribution in [3.05, 3.63) is 59.2 Å². The van der Waals surface area contributed by atoms with Gasteiger partial charge in [0.1, 0.15) is 6.04 Å². The lowest BCUT2D eigenvalue weighted by atomic mass is 9.93. The van der Waals surface area contributed by atoms with E-state index in [-0.39, 0.29) is 5.91 Å². The number of nitrogens with one attached hydrogen (secondary N) is 2. The molecule has 1 heterocycles. The number of carboxylic acid groups (broad SMARTS) is 1. The third-order valence-corrected chi connectivity index (χ3v) is 6.84. The highest BCUT2D eigenvalue weighted by Gasteiger charge is 2.25. The van der Waals surface area contributed by atoms with Crippen LogP contribution in [0.4, 0.5) is 0 Å². The molecule has 0 saturated carbocycles. The van der Waals surface area contributed by atoms with Crippen molar-refractivity contribution in [2.75, 3.05) is 32.3 Å². The Morgan fingerprint density at radius 1 is 1.24 bits per heavy atom. The maximum atomic E-state index is 13.2. The molecule has 1 aliphatic rings. The van der Waals surface area contributed by atoms with Crippen molar-refractivity contribution in [1.82, 2.24) is 15.8 Å². The molecule has 1 aliphatic heterocycles. The molecule has 2 aromatic carbocycles. The first-order valence-corrected chi connectivity index (χ1v) is 13.0. The molecule has 3 N–H and O–H groups in total. The molecule has 1 saturated heterocycles. The van der Waals surface area contributed by atoms with Gasteiger partial charge >= 0.3 is 5.97 Å². The summed E-state index contributed by atoms with van der Waals surface area (Å²) < 4.78 is 5.34. The molecule has 1 amide bonds. The number of hydrazine groups is 1. The number of hydrogen-bond donors (Lipinski definition) is 3. The molecule has 8 heteroatoms. The summed E-state index contributed by atoms with van der Waals surface area (Å²) in [5.74, 6) is -0.726. The van der Waals surface area contributed by atoms with Gasteiger partial charge in [0.15, 0.2) is 0 Å². The number of thioether (sulfide) groups is 1. The summed E-state index contributed by atoms with van der Waals surface area (Å²) in [5.41, 5.74) is 7.87. The van der Waals surface area contributed by atoms with Crippen LogP contribution in [-0.2, 0) is 16.1 Å². The van der Waals surface area contributed by atoms with Crippen molar-refractivity contribution in [1.29, 1.82) is 0 Å². The van der Waals surface area contributed by atoms with Gasteiger partial charge in [-0.1, -0.05) is 30.3 Å². The molecule has 1 unspecified atom stereocenters. The first kappa shape index (κ1) is 26.2. The standard InChI is InChI=1S/C26H35N3O4S/c1-18-7-4-5-9-21(18)23-15-19(16-27-29-13-6-8-20(29)17-33-2)10-11-22(23)25(30)28-24(26(31)32)12-14-34-3/h4-5,7,9-11,15,20,24,27H,6,8,12-14,16-17H2,1-3H3,(H,28,30)(H,31,32)/t20?,24-/m0/s1. The van der Waals surface area contributed by atoms with Crippen LogP contribution < -0.4 is 10.7 Å². The monoisotopic (exact) mass is 485 g/mol. The number of carbonyl (C=O) groups excluding carboxylic acids is 1. The summed E-state index contributed by atoms with van der Waals surface area (Å²) in [7, 11) is 1.73. The molecule has 34 heavy (non-hydrogen) atoms. The Balaban J connectivity index is 1.85. The van der Waals surface area contributed by atoms with E-state index < -0.39 is 12.0 Å². The SMILES string of the molecule is COCC1CCCN1NCc1ccc(C(=O)N[C@@H](CCSC)C(=O)O)c(-c2ccccc2C)c1. The van der Waals surface area contributed by atoms with E-state index in [1.165, 1.54) is 0 Å². The number of hydrogen-bond acceptors (Lipinski definition) is 6. The average Bonchev–Trinajstić information content (AvgIpc) is 3.27. The van der Waals surface area contributed by atoms with Gasteiger partial charge in [0.2, 0.25) is 0 Å². The zero-order valence-corrected chi connectivity index (χ0v) is 21.0. The Bertz CT molecular complexity index is 984. The number of aliphatic carboxylic acids is 1. The molecule has 0 bridgehead atoms. The summed E-state index contributed by atoms with van der Waals surface area (Å²) in [6.45, 7) is 4.32. The van der Waals surface area contributed by atoms with E-state index in [9.17, 15) is 14.7 Å². The maximum absolute atomic E-state index is 13.2. The van der Waals surface area contributed by atoms with E-state index in [0.717, 1.165) is 41.6 Å². The van der Waals surface area contributed by atoms with Crippen molar-refractivity contribution >= 4 is 23.6 Å². The average molecular weight is 486 g/mol. The van der Waals surface area contributed by atoms with Crippen LogP contribution in [0.3, 0.4) is 0 Å². The van der Waals surface area contributed by atoms with Gasteiger partial charge in [-0.15, -0.1) is 0 Å². The van der Waals surface area contributed by atoms with Crippen LogP contribution in [-0.4, -0.2) is 66.3 Å². The minimum absolute atomic E-state index is 0.361. The maximum Gasteiger partial charge on any atom is 0.326 e. The number of methoxy groups -OCH3 is 1. The van der Waals surface area contributed by atoms with E-state index in [0.29, 0.717) is 36.9 Å². The van der Waals surface area contributed by atoms with E-state index in [1.54, 1.807) is 24.9 Å². The minimum atomic E-state index is -1.02. The fourth-order valence-corrected chi connectivity index (χ4v) is 4.80. The molecule has 1 fully saturated rings. The second kappa shape index (κ2) is 12.9. The van der Waals surface area contributed by atoms with Gasteiger partial charge in [0, 0.05) is 31.8 Å². The third-order valence-electron chi connectivity index (χ3n) is 6.20. The highest BCUT2D eigenvalue weighted by Crippen LogP contribution is 2.28. The number of ether oxygens (including phenoxy) is 1. The van der Waals surface area contributed by atoms with Gasteiger partial charge in [-0.3, -0.25) is 10.2 Å². The predicted octanol–water partition coefficient (Wildman–Crippen LogP) is 3.71. The van der Waals surface area contributed by atoms with Gasteiger partial charge in [0.25, 0.3) is 5.91 Å². The molecule has 2 atom stereocenters. The fourth-order valence-electron chi connectivity index (χ4n) is 4.33. The van der Waals surface area contributed by atoms with Gasteiger partial charge < -0.3 is 15.2 Å². The third kappa shape index (κ3) is 6.82. The van der Waals surface area contributed by atoms with E-state index >= 15 is 0 Å².